The van der Waals surface area contributed by atoms with Crippen molar-refractivity contribution in [1.82, 2.24) is 9.47 Å². The van der Waals surface area contributed by atoms with Gasteiger partial charge in [0.2, 0.25) is 11.8 Å². The molecule has 1 aromatic heterocycles. The summed E-state index contributed by atoms with van der Waals surface area (Å²) >= 11 is 0. The average molecular weight is 328 g/mol. The van der Waals surface area contributed by atoms with E-state index in [0.29, 0.717) is 6.42 Å². The fourth-order valence-corrected chi connectivity index (χ4v) is 3.56. The van der Waals surface area contributed by atoms with Gasteiger partial charge in [-0.25, -0.2) is 0 Å². The Bertz CT molecular complexity index is 720. The van der Waals surface area contributed by atoms with Gasteiger partial charge in [-0.2, -0.15) is 0 Å². The molecule has 0 saturated carbocycles. The number of aromatic nitrogens is 1. The van der Waals surface area contributed by atoms with Gasteiger partial charge >= 0.3 is 0 Å². The number of fused-ring (bicyclic) bond motifs is 1. The van der Waals surface area contributed by atoms with Crippen LogP contribution in [0.3, 0.4) is 0 Å². The third kappa shape index (κ3) is 3.51. The van der Waals surface area contributed by atoms with Crippen LogP contribution in [0.2, 0.25) is 0 Å². The Balaban J connectivity index is 1.62. The van der Waals surface area contributed by atoms with Crippen LogP contribution in [-0.4, -0.2) is 45.6 Å². The van der Waals surface area contributed by atoms with Crippen LogP contribution < -0.4 is 0 Å². The van der Waals surface area contributed by atoms with Gasteiger partial charge in [-0.05, 0) is 37.8 Å². The van der Waals surface area contributed by atoms with E-state index in [1.807, 2.05) is 35.2 Å². The number of hydrogen-bond donors (Lipinski definition) is 1. The minimum atomic E-state index is -0.0553. The van der Waals surface area contributed by atoms with Crippen LogP contribution in [-0.2, 0) is 4.79 Å². The summed E-state index contributed by atoms with van der Waals surface area (Å²) in [7, 11) is 0. The van der Waals surface area contributed by atoms with E-state index in [0.717, 1.165) is 36.7 Å². The number of aliphatic hydroxyl groups is 1. The van der Waals surface area contributed by atoms with Crippen molar-refractivity contribution in [3.63, 3.8) is 0 Å². The van der Waals surface area contributed by atoms with Gasteiger partial charge in [0.25, 0.3) is 0 Å². The Labute approximate surface area is 141 Å². The molecule has 3 rings (SSSR count). The van der Waals surface area contributed by atoms with E-state index in [4.69, 9.17) is 5.11 Å². The molecule has 0 radical (unpaired) electrons. The number of carbonyl (C=O) groups excluding carboxylic acids is 2. The minimum Gasteiger partial charge on any atom is -0.396 e. The van der Waals surface area contributed by atoms with Crippen LogP contribution >= 0.6 is 0 Å². The number of likely N-dealkylation sites (tertiary alicyclic amines) is 1. The number of rotatable bonds is 5. The lowest BCUT2D eigenvalue weighted by Crippen LogP contribution is -2.44. The molecule has 1 saturated heterocycles. The summed E-state index contributed by atoms with van der Waals surface area (Å²) in [4.78, 5) is 26.8. The summed E-state index contributed by atoms with van der Waals surface area (Å²) in [5.41, 5.74) is 0.881. The molecule has 5 heteroatoms. The number of para-hydroxylation sites is 1. The summed E-state index contributed by atoms with van der Waals surface area (Å²) in [5, 5.41) is 10.2. The third-order valence-electron chi connectivity index (χ3n) is 4.83. The van der Waals surface area contributed by atoms with Crippen LogP contribution in [0.4, 0.5) is 0 Å². The molecular formula is C19H24N2O3. The number of benzene rings is 1. The summed E-state index contributed by atoms with van der Waals surface area (Å²) < 4.78 is 1.63. The fourth-order valence-electron chi connectivity index (χ4n) is 3.56. The van der Waals surface area contributed by atoms with Crippen LogP contribution in [0.5, 0.6) is 0 Å². The van der Waals surface area contributed by atoms with Gasteiger partial charge in [0.15, 0.2) is 0 Å². The first kappa shape index (κ1) is 16.7. The van der Waals surface area contributed by atoms with E-state index < -0.39 is 0 Å². The van der Waals surface area contributed by atoms with Crippen molar-refractivity contribution in [2.24, 2.45) is 0 Å². The molecule has 0 aliphatic carbocycles. The van der Waals surface area contributed by atoms with E-state index in [-0.39, 0.29) is 37.3 Å². The van der Waals surface area contributed by atoms with E-state index >= 15 is 0 Å². The van der Waals surface area contributed by atoms with Gasteiger partial charge in [0.05, 0.1) is 5.52 Å². The smallest absolute Gasteiger partial charge is 0.231 e. The monoisotopic (exact) mass is 328 g/mol. The molecule has 1 unspecified atom stereocenters. The standard InChI is InChI=1S/C19H24N2O3/c22-14-11-16-6-3-4-12-20(16)18(23)8-9-19(24)21-13-10-15-5-1-2-7-17(15)21/h1-2,5,7,10,13,16,22H,3-4,6,8-9,11-12,14H2. The number of carbonyl (C=O) groups is 2. The van der Waals surface area contributed by atoms with Gasteiger partial charge in [-0.15, -0.1) is 0 Å². The zero-order chi connectivity index (χ0) is 16.9. The Morgan fingerprint density at radius 1 is 1.08 bits per heavy atom. The average Bonchev–Trinajstić information content (AvgIpc) is 3.04. The molecule has 5 nitrogen and oxygen atoms in total. The number of hydrogen-bond acceptors (Lipinski definition) is 3. The van der Waals surface area contributed by atoms with Crippen LogP contribution in [0.25, 0.3) is 10.9 Å². The minimum absolute atomic E-state index is 0.0259. The second-order valence-corrected chi connectivity index (χ2v) is 6.39. The zero-order valence-corrected chi connectivity index (χ0v) is 13.9. The quantitative estimate of drug-likeness (QED) is 0.918. The van der Waals surface area contributed by atoms with E-state index in [9.17, 15) is 9.59 Å². The van der Waals surface area contributed by atoms with Gasteiger partial charge in [-0.1, -0.05) is 18.2 Å². The molecular weight excluding hydrogens is 304 g/mol. The molecule has 1 N–H and O–H groups in total. The van der Waals surface area contributed by atoms with Crippen LogP contribution in [0, 0.1) is 0 Å². The molecule has 2 aromatic rings. The second kappa shape index (κ2) is 7.62. The number of aliphatic hydroxyl groups excluding tert-OH is 1. The normalized spacial score (nSPS) is 18.0. The highest BCUT2D eigenvalue weighted by molar-refractivity contribution is 5.94. The third-order valence-corrected chi connectivity index (χ3v) is 4.83. The Morgan fingerprint density at radius 2 is 1.88 bits per heavy atom. The van der Waals surface area contributed by atoms with Crippen LogP contribution in [0.15, 0.2) is 36.5 Å². The van der Waals surface area contributed by atoms with E-state index in [1.54, 1.807) is 10.8 Å². The molecule has 1 aliphatic heterocycles. The van der Waals surface area contributed by atoms with Gasteiger partial charge in [-0.3, -0.25) is 14.2 Å². The van der Waals surface area contributed by atoms with Gasteiger partial charge < -0.3 is 10.0 Å². The highest BCUT2D eigenvalue weighted by Gasteiger charge is 2.26. The lowest BCUT2D eigenvalue weighted by molar-refractivity contribution is -0.135. The summed E-state index contributed by atoms with van der Waals surface area (Å²) in [6.07, 6.45) is 5.89. The molecule has 24 heavy (non-hydrogen) atoms. The van der Waals surface area contributed by atoms with Crippen LogP contribution in [0.1, 0.15) is 43.3 Å². The first-order valence-corrected chi connectivity index (χ1v) is 8.70. The predicted molar refractivity (Wildman–Crippen MR) is 92.9 cm³/mol. The molecule has 1 aromatic carbocycles. The number of piperidine rings is 1. The van der Waals surface area contributed by atoms with E-state index in [2.05, 4.69) is 0 Å². The predicted octanol–water partition coefficient (Wildman–Crippen LogP) is 2.83. The Kier molecular flexibility index (Phi) is 5.30. The molecule has 1 fully saturated rings. The van der Waals surface area contributed by atoms with Gasteiger partial charge in [0, 0.05) is 43.6 Å². The SMILES string of the molecule is O=C(CCC(=O)n1ccc2ccccc21)N1CCCCC1CCO. The molecule has 1 amide bonds. The Hall–Kier alpha value is -2.14. The second-order valence-electron chi connectivity index (χ2n) is 6.39. The molecule has 128 valence electrons. The molecule has 1 aliphatic rings. The maximum absolute atomic E-state index is 12.5. The van der Waals surface area contributed by atoms with Gasteiger partial charge in [0.1, 0.15) is 0 Å². The maximum Gasteiger partial charge on any atom is 0.231 e. The van der Waals surface area contributed by atoms with Crippen molar-refractivity contribution in [3.8, 4) is 0 Å². The first-order valence-electron chi connectivity index (χ1n) is 8.70. The lowest BCUT2D eigenvalue weighted by atomic mass is 9.99. The van der Waals surface area contributed by atoms with Crippen molar-refractivity contribution >= 4 is 22.7 Å². The van der Waals surface area contributed by atoms with Crippen molar-refractivity contribution in [2.45, 2.75) is 44.6 Å². The summed E-state index contributed by atoms with van der Waals surface area (Å²) in [5.74, 6) is -0.0294. The van der Waals surface area contributed by atoms with Crippen molar-refractivity contribution < 1.29 is 14.7 Å². The van der Waals surface area contributed by atoms with Crippen molar-refractivity contribution in [2.75, 3.05) is 13.2 Å². The number of amides is 1. The molecule has 1 atom stereocenters. The van der Waals surface area contributed by atoms with Crippen molar-refractivity contribution in [3.05, 3.63) is 36.5 Å². The fraction of sp³-hybridized carbons (Fsp3) is 0.474. The summed E-state index contributed by atoms with van der Waals surface area (Å²) in [6.45, 7) is 0.840. The highest BCUT2D eigenvalue weighted by Crippen LogP contribution is 2.21. The number of nitrogens with zero attached hydrogens (tertiary/aromatic N) is 2. The van der Waals surface area contributed by atoms with Crippen molar-refractivity contribution in [1.29, 1.82) is 0 Å². The van der Waals surface area contributed by atoms with E-state index in [1.165, 1.54) is 0 Å². The maximum atomic E-state index is 12.5. The first-order chi connectivity index (χ1) is 11.7. The zero-order valence-electron chi connectivity index (χ0n) is 13.9. The molecule has 2 heterocycles. The molecule has 0 bridgehead atoms. The Morgan fingerprint density at radius 3 is 2.71 bits per heavy atom. The largest absolute Gasteiger partial charge is 0.396 e. The molecule has 0 spiro atoms. The summed E-state index contributed by atoms with van der Waals surface area (Å²) in [6, 6.07) is 9.77. The lowest BCUT2D eigenvalue weighted by Gasteiger charge is -2.35. The topological polar surface area (TPSA) is 62.5 Å². The highest BCUT2D eigenvalue weighted by atomic mass is 16.3.